The van der Waals surface area contributed by atoms with Gasteiger partial charge in [0.05, 0.1) is 16.9 Å². The summed E-state index contributed by atoms with van der Waals surface area (Å²) in [6.07, 6.45) is 1.94. The first kappa shape index (κ1) is 23.2. The molecule has 1 saturated heterocycles. The Balaban J connectivity index is 1.56. The first-order chi connectivity index (χ1) is 15.7. The second kappa shape index (κ2) is 9.49. The summed E-state index contributed by atoms with van der Waals surface area (Å²) < 4.78 is 23.3. The number of carbonyl (C=O) groups excluding carboxylic acids is 2. The van der Waals surface area contributed by atoms with E-state index in [0.717, 1.165) is 21.7 Å². The maximum Gasteiger partial charge on any atom is 0.227 e. The average molecular weight is 483 g/mol. The van der Waals surface area contributed by atoms with Gasteiger partial charge in [0.25, 0.3) is 0 Å². The molecule has 2 atom stereocenters. The molecule has 6 nitrogen and oxygen atoms in total. The molecule has 0 saturated carbocycles. The highest BCUT2D eigenvalue weighted by atomic mass is 32.2. The van der Waals surface area contributed by atoms with Crippen LogP contribution < -0.4 is 10.2 Å². The molecule has 0 spiro atoms. The van der Waals surface area contributed by atoms with Crippen molar-refractivity contribution in [2.45, 2.75) is 37.2 Å². The number of anilines is 1. The average Bonchev–Trinajstić information content (AvgIpc) is 3.32. The van der Waals surface area contributed by atoms with E-state index < -0.39 is 15.8 Å². The molecule has 2 heterocycles. The summed E-state index contributed by atoms with van der Waals surface area (Å²) in [7, 11) is -3.26. The summed E-state index contributed by atoms with van der Waals surface area (Å²) in [5.74, 6) is -0.499. The normalized spacial score (nSPS) is 18.8. The molecule has 0 aliphatic carbocycles. The van der Waals surface area contributed by atoms with E-state index in [0.29, 0.717) is 12.8 Å². The van der Waals surface area contributed by atoms with Gasteiger partial charge in [-0.1, -0.05) is 35.9 Å². The monoisotopic (exact) mass is 482 g/mol. The predicted octanol–water partition coefficient (Wildman–Crippen LogP) is 4.26. The van der Waals surface area contributed by atoms with E-state index in [1.165, 1.54) is 6.26 Å². The quantitative estimate of drug-likeness (QED) is 0.569. The Labute approximate surface area is 198 Å². The number of benzene rings is 2. The highest BCUT2D eigenvalue weighted by Crippen LogP contribution is 2.41. The van der Waals surface area contributed by atoms with Gasteiger partial charge in [-0.2, -0.15) is 0 Å². The summed E-state index contributed by atoms with van der Waals surface area (Å²) in [5.41, 5.74) is 2.70. The molecule has 1 N–H and O–H groups in total. The van der Waals surface area contributed by atoms with E-state index in [-0.39, 0.29) is 29.3 Å². The molecule has 33 heavy (non-hydrogen) atoms. The Hall–Kier alpha value is -2.97. The van der Waals surface area contributed by atoms with Gasteiger partial charge in [0.2, 0.25) is 11.8 Å². The molecule has 1 aliphatic heterocycles. The first-order valence-electron chi connectivity index (χ1n) is 10.7. The van der Waals surface area contributed by atoms with Crippen LogP contribution in [0.3, 0.4) is 0 Å². The minimum absolute atomic E-state index is 0.0117. The molecular weight excluding hydrogens is 456 g/mol. The van der Waals surface area contributed by atoms with Crippen molar-refractivity contribution in [1.29, 1.82) is 0 Å². The van der Waals surface area contributed by atoms with Gasteiger partial charge in [0, 0.05) is 29.8 Å². The number of rotatable bonds is 6. The molecule has 8 heteroatoms. The Morgan fingerprint density at radius 3 is 2.39 bits per heavy atom. The fraction of sp³-hybridized carbons (Fsp3) is 0.280. The van der Waals surface area contributed by atoms with Crippen LogP contribution in [-0.2, 0) is 26.0 Å². The van der Waals surface area contributed by atoms with Gasteiger partial charge < -0.3 is 10.2 Å². The number of hydrogen-bond donors (Lipinski definition) is 1. The van der Waals surface area contributed by atoms with Crippen LogP contribution in [0.4, 0.5) is 5.69 Å². The maximum absolute atomic E-state index is 13.3. The lowest BCUT2D eigenvalue weighted by Gasteiger charge is -2.40. The minimum Gasteiger partial charge on any atom is -0.352 e. The highest BCUT2D eigenvalue weighted by molar-refractivity contribution is 7.90. The summed E-state index contributed by atoms with van der Waals surface area (Å²) >= 11 is 1.54. The molecule has 3 aromatic rings. The first-order valence-corrected chi connectivity index (χ1v) is 13.5. The van der Waals surface area contributed by atoms with Gasteiger partial charge in [-0.15, -0.1) is 11.3 Å². The van der Waals surface area contributed by atoms with Gasteiger partial charge in [0.1, 0.15) is 0 Å². The molecule has 1 fully saturated rings. The predicted molar refractivity (Wildman–Crippen MR) is 130 cm³/mol. The fourth-order valence-corrected chi connectivity index (χ4v) is 5.65. The molecule has 2 aromatic carbocycles. The second-order valence-corrected chi connectivity index (χ2v) is 11.3. The maximum atomic E-state index is 13.3. The zero-order valence-corrected chi connectivity index (χ0v) is 20.2. The second-order valence-electron chi connectivity index (χ2n) is 8.34. The van der Waals surface area contributed by atoms with Crippen molar-refractivity contribution in [3.8, 4) is 0 Å². The van der Waals surface area contributed by atoms with Crippen molar-refractivity contribution in [1.82, 2.24) is 5.32 Å². The van der Waals surface area contributed by atoms with E-state index in [2.05, 4.69) is 5.32 Å². The van der Waals surface area contributed by atoms with Crippen molar-refractivity contribution >= 4 is 38.7 Å². The molecule has 0 radical (unpaired) electrons. The number of carbonyl (C=O) groups is 2. The van der Waals surface area contributed by atoms with Crippen molar-refractivity contribution in [2.24, 2.45) is 5.92 Å². The number of piperidine rings is 1. The molecular formula is C25H26N2O4S2. The summed E-state index contributed by atoms with van der Waals surface area (Å²) in [6.45, 7) is 2.28. The SMILES string of the molecule is Cc1ccc(N2C(=O)CCC(C(=O)NCc3ccc(S(C)(=O)=O)cc3)C2c2cccs2)cc1. The number of thiophene rings is 1. The Bertz CT molecular complexity index is 1230. The molecule has 172 valence electrons. The van der Waals surface area contributed by atoms with Gasteiger partial charge in [-0.25, -0.2) is 8.42 Å². The van der Waals surface area contributed by atoms with Gasteiger partial charge in [-0.05, 0) is 54.6 Å². The molecule has 0 bridgehead atoms. The zero-order valence-electron chi connectivity index (χ0n) is 18.5. The molecule has 2 amide bonds. The van der Waals surface area contributed by atoms with Crippen LogP contribution in [0.5, 0.6) is 0 Å². The highest BCUT2D eigenvalue weighted by Gasteiger charge is 2.41. The Morgan fingerprint density at radius 1 is 1.09 bits per heavy atom. The summed E-state index contributed by atoms with van der Waals surface area (Å²) in [4.78, 5) is 29.3. The number of nitrogens with one attached hydrogen (secondary N) is 1. The minimum atomic E-state index is -3.26. The smallest absolute Gasteiger partial charge is 0.227 e. The van der Waals surface area contributed by atoms with E-state index in [4.69, 9.17) is 0 Å². The molecule has 4 rings (SSSR count). The van der Waals surface area contributed by atoms with E-state index >= 15 is 0 Å². The van der Waals surface area contributed by atoms with Crippen LogP contribution in [0.15, 0.2) is 70.9 Å². The van der Waals surface area contributed by atoms with Crippen LogP contribution in [0.2, 0.25) is 0 Å². The lowest BCUT2D eigenvalue weighted by Crippen LogP contribution is -2.48. The van der Waals surface area contributed by atoms with Crippen molar-refractivity contribution in [3.05, 3.63) is 82.0 Å². The van der Waals surface area contributed by atoms with Crippen LogP contribution in [0.25, 0.3) is 0 Å². The van der Waals surface area contributed by atoms with Gasteiger partial charge in [-0.3, -0.25) is 9.59 Å². The third kappa shape index (κ3) is 5.17. The number of aryl methyl sites for hydroxylation is 1. The topological polar surface area (TPSA) is 83.6 Å². The largest absolute Gasteiger partial charge is 0.352 e. The van der Waals surface area contributed by atoms with Crippen LogP contribution in [0.1, 0.15) is 34.9 Å². The lowest BCUT2D eigenvalue weighted by molar-refractivity contribution is -0.129. The molecule has 1 aliphatic rings. The van der Waals surface area contributed by atoms with E-state index in [9.17, 15) is 18.0 Å². The number of sulfone groups is 1. The van der Waals surface area contributed by atoms with Gasteiger partial charge >= 0.3 is 0 Å². The van der Waals surface area contributed by atoms with Crippen LogP contribution >= 0.6 is 11.3 Å². The lowest BCUT2D eigenvalue weighted by atomic mass is 9.86. The Kier molecular flexibility index (Phi) is 6.67. The number of nitrogens with zero attached hydrogens (tertiary/aromatic N) is 1. The third-order valence-corrected chi connectivity index (χ3v) is 7.97. The summed E-state index contributed by atoms with van der Waals surface area (Å²) in [6, 6.07) is 17.8. The fourth-order valence-electron chi connectivity index (χ4n) is 4.14. The van der Waals surface area contributed by atoms with Crippen molar-refractivity contribution in [3.63, 3.8) is 0 Å². The van der Waals surface area contributed by atoms with Crippen LogP contribution in [0, 0.1) is 12.8 Å². The third-order valence-electron chi connectivity index (χ3n) is 5.90. The van der Waals surface area contributed by atoms with Crippen LogP contribution in [-0.4, -0.2) is 26.5 Å². The molecule has 2 unspecified atom stereocenters. The number of hydrogen-bond acceptors (Lipinski definition) is 5. The summed E-state index contributed by atoms with van der Waals surface area (Å²) in [5, 5.41) is 4.95. The number of amides is 2. The van der Waals surface area contributed by atoms with E-state index in [1.807, 2.05) is 48.7 Å². The zero-order chi connectivity index (χ0) is 23.6. The Morgan fingerprint density at radius 2 is 1.79 bits per heavy atom. The standard InChI is InChI=1S/C25H26N2O4S2/c1-17-5-9-19(10-6-17)27-23(28)14-13-21(24(27)22-4-3-15-32-22)25(29)26-16-18-7-11-20(12-8-18)33(2,30)31/h3-12,15,21,24H,13-14,16H2,1-2H3,(H,26,29). The van der Waals surface area contributed by atoms with Crippen molar-refractivity contribution in [2.75, 3.05) is 11.2 Å². The van der Waals surface area contributed by atoms with E-state index in [1.54, 1.807) is 40.5 Å². The van der Waals surface area contributed by atoms with Gasteiger partial charge in [0.15, 0.2) is 9.84 Å². The molecule has 1 aromatic heterocycles. The van der Waals surface area contributed by atoms with Crippen molar-refractivity contribution < 1.29 is 18.0 Å².